The Morgan fingerprint density at radius 3 is 2.76 bits per heavy atom. The van der Waals surface area contributed by atoms with Crippen molar-refractivity contribution in [2.24, 2.45) is 11.8 Å². The summed E-state index contributed by atoms with van der Waals surface area (Å²) in [7, 11) is 1.23. The molecule has 7 nitrogen and oxygen atoms in total. The van der Waals surface area contributed by atoms with Crippen LogP contribution in [0.3, 0.4) is 0 Å². The van der Waals surface area contributed by atoms with Crippen molar-refractivity contribution in [1.29, 1.82) is 0 Å². The van der Waals surface area contributed by atoms with Gasteiger partial charge in [0.05, 0.1) is 25.7 Å². The zero-order chi connectivity index (χ0) is 15.0. The van der Waals surface area contributed by atoms with Crippen molar-refractivity contribution < 1.29 is 33.6 Å². The topological polar surface area (TPSA) is 91.3 Å². The molecule has 3 rings (SSSR count). The summed E-state index contributed by atoms with van der Waals surface area (Å²) in [5, 5.41) is 9.22. The van der Waals surface area contributed by atoms with E-state index in [4.69, 9.17) is 18.9 Å². The van der Waals surface area contributed by atoms with Crippen molar-refractivity contribution in [2.45, 2.75) is 6.10 Å². The molecule has 0 aromatic heterocycles. The van der Waals surface area contributed by atoms with Crippen LogP contribution in [0.1, 0.15) is 11.7 Å². The Hall–Kier alpha value is -2.28. The van der Waals surface area contributed by atoms with Gasteiger partial charge in [0.15, 0.2) is 11.5 Å². The fourth-order valence-electron chi connectivity index (χ4n) is 2.67. The zero-order valence-electron chi connectivity index (χ0n) is 11.3. The van der Waals surface area contributed by atoms with Gasteiger partial charge in [-0.1, -0.05) is 6.07 Å². The first kappa shape index (κ1) is 13.7. The van der Waals surface area contributed by atoms with Gasteiger partial charge in [0, 0.05) is 0 Å². The maximum Gasteiger partial charge on any atom is 0.312 e. The second-order valence-electron chi connectivity index (χ2n) is 4.86. The molecule has 0 radical (unpaired) electrons. The van der Waals surface area contributed by atoms with Crippen LogP contribution >= 0.6 is 0 Å². The van der Waals surface area contributed by atoms with E-state index in [9.17, 15) is 14.7 Å². The number of hydrogen-bond donors (Lipinski definition) is 1. The van der Waals surface area contributed by atoms with E-state index in [0.29, 0.717) is 17.1 Å². The molecule has 2 aliphatic rings. The average molecular weight is 294 g/mol. The van der Waals surface area contributed by atoms with E-state index < -0.39 is 29.9 Å². The van der Waals surface area contributed by atoms with E-state index in [1.54, 1.807) is 18.2 Å². The average Bonchev–Trinajstić information content (AvgIpc) is 3.11. The van der Waals surface area contributed by atoms with Gasteiger partial charge in [0.25, 0.3) is 0 Å². The fraction of sp³-hybridized carbons (Fsp3) is 0.429. The molecule has 3 atom stereocenters. The lowest BCUT2D eigenvalue weighted by atomic mass is 9.87. The number of carbonyl (C=O) groups is 2. The predicted molar refractivity (Wildman–Crippen MR) is 67.9 cm³/mol. The molecule has 0 spiro atoms. The summed E-state index contributed by atoms with van der Waals surface area (Å²) in [6.07, 6.45) is -0.673. The van der Waals surface area contributed by atoms with Gasteiger partial charge in [-0.05, 0) is 17.7 Å². The molecule has 2 heterocycles. The van der Waals surface area contributed by atoms with Crippen molar-refractivity contribution in [2.75, 3.05) is 20.5 Å². The smallest absolute Gasteiger partial charge is 0.312 e. The Labute approximate surface area is 120 Å². The number of ether oxygens (including phenoxy) is 4. The Morgan fingerprint density at radius 2 is 2.05 bits per heavy atom. The molecule has 1 fully saturated rings. The molecule has 21 heavy (non-hydrogen) atoms. The maximum atomic E-state index is 11.9. The van der Waals surface area contributed by atoms with Crippen LogP contribution in [0.5, 0.6) is 11.5 Å². The molecular formula is C14H14O7. The number of benzene rings is 1. The number of fused-ring (bicyclic) bond motifs is 1. The molecule has 0 aliphatic carbocycles. The number of aliphatic carboxylic acids is 1. The summed E-state index contributed by atoms with van der Waals surface area (Å²) >= 11 is 0. The molecule has 0 unspecified atom stereocenters. The minimum absolute atomic E-state index is 0.0335. The lowest BCUT2D eigenvalue weighted by Gasteiger charge is -2.19. The van der Waals surface area contributed by atoms with Crippen LogP contribution in [-0.4, -0.2) is 37.6 Å². The zero-order valence-corrected chi connectivity index (χ0v) is 11.3. The summed E-state index contributed by atoms with van der Waals surface area (Å²) in [4.78, 5) is 23.2. The highest BCUT2D eigenvalue weighted by atomic mass is 16.7. The molecule has 0 bridgehead atoms. The SMILES string of the molecule is COC(=O)[C@H]1[C@@H](c2ccc3c(c2)OCO3)OC[C@H]1C(=O)O. The first-order valence-corrected chi connectivity index (χ1v) is 6.43. The Bertz CT molecular complexity index is 583. The number of carboxylic acid groups (broad SMARTS) is 1. The third-order valence-electron chi connectivity index (χ3n) is 3.73. The quantitative estimate of drug-likeness (QED) is 0.831. The van der Waals surface area contributed by atoms with Crippen LogP contribution in [0.2, 0.25) is 0 Å². The molecule has 0 amide bonds. The first-order valence-electron chi connectivity index (χ1n) is 6.43. The molecular weight excluding hydrogens is 280 g/mol. The van der Waals surface area contributed by atoms with Gasteiger partial charge in [-0.2, -0.15) is 0 Å². The summed E-state index contributed by atoms with van der Waals surface area (Å²) in [5.74, 6) is -2.31. The molecule has 2 aliphatic heterocycles. The minimum atomic E-state index is -1.08. The molecule has 0 saturated carbocycles. The Balaban J connectivity index is 1.93. The van der Waals surface area contributed by atoms with Gasteiger partial charge < -0.3 is 24.1 Å². The standard InChI is InChI=1S/C14H14O7/c1-18-14(17)11-8(13(15)16)5-19-12(11)7-2-3-9-10(4-7)21-6-20-9/h2-4,8,11-12H,5-6H2,1H3,(H,15,16)/t8-,11-,12-/m1/s1. The lowest BCUT2D eigenvalue weighted by molar-refractivity contribution is -0.154. The van der Waals surface area contributed by atoms with Gasteiger partial charge in [0.2, 0.25) is 6.79 Å². The van der Waals surface area contributed by atoms with Gasteiger partial charge >= 0.3 is 11.9 Å². The van der Waals surface area contributed by atoms with Crippen molar-refractivity contribution in [3.63, 3.8) is 0 Å². The predicted octanol–water partition coefficient (Wildman–Crippen LogP) is 0.977. The van der Waals surface area contributed by atoms with E-state index in [2.05, 4.69) is 0 Å². The first-order chi connectivity index (χ1) is 10.1. The molecule has 112 valence electrons. The lowest BCUT2D eigenvalue weighted by Crippen LogP contribution is -2.30. The highest BCUT2D eigenvalue weighted by molar-refractivity contribution is 5.82. The number of hydrogen-bond acceptors (Lipinski definition) is 6. The molecule has 1 aromatic rings. The van der Waals surface area contributed by atoms with E-state index in [1.165, 1.54) is 7.11 Å². The van der Waals surface area contributed by atoms with Crippen LogP contribution in [0.25, 0.3) is 0 Å². The van der Waals surface area contributed by atoms with Gasteiger partial charge in [0.1, 0.15) is 5.92 Å². The highest BCUT2D eigenvalue weighted by Gasteiger charge is 2.47. The number of methoxy groups -OCH3 is 1. The summed E-state index contributed by atoms with van der Waals surface area (Å²) in [6, 6.07) is 5.15. The Kier molecular flexibility index (Phi) is 3.42. The maximum absolute atomic E-state index is 11.9. The third kappa shape index (κ3) is 2.29. The van der Waals surface area contributed by atoms with Crippen molar-refractivity contribution in [3.05, 3.63) is 23.8 Å². The molecule has 1 saturated heterocycles. The van der Waals surface area contributed by atoms with Gasteiger partial charge in [-0.25, -0.2) is 0 Å². The van der Waals surface area contributed by atoms with Crippen molar-refractivity contribution >= 4 is 11.9 Å². The summed E-state index contributed by atoms with van der Waals surface area (Å²) in [5.41, 5.74) is 0.665. The monoisotopic (exact) mass is 294 g/mol. The van der Waals surface area contributed by atoms with E-state index in [-0.39, 0.29) is 13.4 Å². The number of carbonyl (C=O) groups excluding carboxylic acids is 1. The third-order valence-corrected chi connectivity index (χ3v) is 3.73. The van der Waals surface area contributed by atoms with Crippen LogP contribution in [0.4, 0.5) is 0 Å². The minimum Gasteiger partial charge on any atom is -0.481 e. The normalized spacial score (nSPS) is 26.6. The van der Waals surface area contributed by atoms with E-state index >= 15 is 0 Å². The van der Waals surface area contributed by atoms with Crippen LogP contribution in [-0.2, 0) is 19.1 Å². The van der Waals surface area contributed by atoms with Crippen LogP contribution in [0, 0.1) is 11.8 Å². The molecule has 7 heteroatoms. The second-order valence-corrected chi connectivity index (χ2v) is 4.86. The summed E-state index contributed by atoms with van der Waals surface area (Å²) < 4.78 is 20.8. The van der Waals surface area contributed by atoms with E-state index in [0.717, 1.165) is 0 Å². The summed E-state index contributed by atoms with van der Waals surface area (Å²) in [6.45, 7) is 0.108. The highest BCUT2D eigenvalue weighted by Crippen LogP contribution is 2.42. The molecule has 1 aromatic carbocycles. The molecule has 1 N–H and O–H groups in total. The second kappa shape index (κ2) is 5.25. The Morgan fingerprint density at radius 1 is 1.29 bits per heavy atom. The van der Waals surface area contributed by atoms with E-state index in [1.807, 2.05) is 0 Å². The number of rotatable bonds is 3. The van der Waals surface area contributed by atoms with Gasteiger partial charge in [-0.3, -0.25) is 9.59 Å². The van der Waals surface area contributed by atoms with Crippen LogP contribution < -0.4 is 9.47 Å². The largest absolute Gasteiger partial charge is 0.481 e. The fourth-order valence-corrected chi connectivity index (χ4v) is 2.67. The van der Waals surface area contributed by atoms with Crippen molar-refractivity contribution in [3.8, 4) is 11.5 Å². The van der Waals surface area contributed by atoms with Gasteiger partial charge in [-0.15, -0.1) is 0 Å². The van der Waals surface area contributed by atoms with Crippen LogP contribution in [0.15, 0.2) is 18.2 Å². The van der Waals surface area contributed by atoms with Crippen molar-refractivity contribution in [1.82, 2.24) is 0 Å². The number of carboxylic acids is 1. The number of esters is 1.